The van der Waals surface area contributed by atoms with Crippen molar-refractivity contribution in [2.75, 3.05) is 5.32 Å². The van der Waals surface area contributed by atoms with Crippen LogP contribution in [0.5, 0.6) is 0 Å². The van der Waals surface area contributed by atoms with Gasteiger partial charge in [0.25, 0.3) is 0 Å². The molecule has 0 amide bonds. The fourth-order valence-corrected chi connectivity index (χ4v) is 3.62. The van der Waals surface area contributed by atoms with Gasteiger partial charge in [-0.25, -0.2) is 15.0 Å². The van der Waals surface area contributed by atoms with Crippen LogP contribution in [0.15, 0.2) is 54.7 Å². The predicted molar refractivity (Wildman–Crippen MR) is 96.0 cm³/mol. The lowest BCUT2D eigenvalue weighted by Gasteiger charge is -2.15. The van der Waals surface area contributed by atoms with Crippen molar-refractivity contribution in [2.24, 2.45) is 0 Å². The molecule has 0 bridgehead atoms. The molecule has 0 radical (unpaired) electrons. The summed E-state index contributed by atoms with van der Waals surface area (Å²) in [7, 11) is 0. The quantitative estimate of drug-likeness (QED) is 0.604. The molecule has 1 aromatic carbocycles. The van der Waals surface area contributed by atoms with Gasteiger partial charge in [-0.2, -0.15) is 5.10 Å². The molecule has 24 heavy (non-hydrogen) atoms. The minimum atomic E-state index is 0.160. The van der Waals surface area contributed by atoms with Crippen LogP contribution in [0.3, 0.4) is 0 Å². The van der Waals surface area contributed by atoms with Crippen molar-refractivity contribution < 1.29 is 0 Å². The van der Waals surface area contributed by atoms with Gasteiger partial charge in [0.15, 0.2) is 0 Å². The number of anilines is 1. The topological polar surface area (TPSA) is 68.5 Å². The summed E-state index contributed by atoms with van der Waals surface area (Å²) < 4.78 is 1.81. The Morgan fingerprint density at radius 2 is 2.04 bits per heavy atom. The number of aromatic nitrogens is 5. The second kappa shape index (κ2) is 6.37. The van der Waals surface area contributed by atoms with Crippen LogP contribution in [0.25, 0.3) is 21.3 Å². The molecule has 4 rings (SSSR count). The van der Waals surface area contributed by atoms with E-state index in [0.29, 0.717) is 0 Å². The normalized spacial score (nSPS) is 12.4. The predicted octanol–water partition coefficient (Wildman–Crippen LogP) is 3.45. The fraction of sp³-hybridized carbons (Fsp3) is 0.176. The van der Waals surface area contributed by atoms with Crippen molar-refractivity contribution in [3.05, 3.63) is 54.7 Å². The summed E-state index contributed by atoms with van der Waals surface area (Å²) in [6, 6.07) is 10.5. The summed E-state index contributed by atoms with van der Waals surface area (Å²) >= 11 is 1.64. The highest BCUT2D eigenvalue weighted by Gasteiger charge is 2.14. The molecule has 3 aromatic heterocycles. The molecule has 0 saturated carbocycles. The summed E-state index contributed by atoms with van der Waals surface area (Å²) in [5, 5.41) is 10.8. The van der Waals surface area contributed by atoms with Gasteiger partial charge in [-0.1, -0.05) is 30.3 Å². The van der Waals surface area contributed by atoms with Gasteiger partial charge < -0.3 is 5.32 Å². The smallest absolute Gasteiger partial charge is 0.139 e. The molecule has 3 heterocycles. The average Bonchev–Trinajstić information content (AvgIpc) is 3.25. The molecule has 4 aromatic rings. The van der Waals surface area contributed by atoms with Gasteiger partial charge in [0, 0.05) is 17.0 Å². The lowest BCUT2D eigenvalue weighted by molar-refractivity contribution is 0.558. The Balaban J connectivity index is 1.69. The second-order valence-corrected chi connectivity index (χ2v) is 6.44. The van der Waals surface area contributed by atoms with Crippen molar-refractivity contribution >= 4 is 27.4 Å². The minimum Gasteiger partial charge on any atom is -0.365 e. The summed E-state index contributed by atoms with van der Waals surface area (Å²) in [6.45, 7) is 2.82. The molecule has 120 valence electrons. The Hall–Kier alpha value is -2.80. The first-order valence-electron chi connectivity index (χ1n) is 7.68. The summed E-state index contributed by atoms with van der Waals surface area (Å²) in [4.78, 5) is 13.8. The van der Waals surface area contributed by atoms with E-state index < -0.39 is 0 Å². The van der Waals surface area contributed by atoms with Crippen LogP contribution < -0.4 is 5.32 Å². The average molecular weight is 336 g/mol. The zero-order chi connectivity index (χ0) is 16.4. The minimum absolute atomic E-state index is 0.160. The summed E-state index contributed by atoms with van der Waals surface area (Å²) in [5.74, 6) is 0.854. The number of nitrogens with one attached hydrogen (secondary N) is 1. The molecule has 1 atom stereocenters. The van der Waals surface area contributed by atoms with Crippen LogP contribution in [0, 0.1) is 0 Å². The maximum absolute atomic E-state index is 4.47. The highest BCUT2D eigenvalue weighted by Crippen LogP contribution is 2.36. The van der Waals surface area contributed by atoms with Crippen LogP contribution >= 0.6 is 11.3 Å². The Kier molecular flexibility index (Phi) is 3.92. The SMILES string of the molecule is CC(Cn1cncn1)Nc1ncnc2scc(-c3ccccc3)c12. The van der Waals surface area contributed by atoms with Gasteiger partial charge in [-0.15, -0.1) is 11.3 Å². The largest absolute Gasteiger partial charge is 0.365 e. The van der Waals surface area contributed by atoms with E-state index in [1.807, 2.05) is 22.9 Å². The molecular formula is C17H16N6S. The Morgan fingerprint density at radius 3 is 2.83 bits per heavy atom. The van der Waals surface area contributed by atoms with Crippen molar-refractivity contribution in [3.63, 3.8) is 0 Å². The molecule has 1 N–H and O–H groups in total. The van der Waals surface area contributed by atoms with Gasteiger partial charge in [-0.3, -0.25) is 4.68 Å². The van der Waals surface area contributed by atoms with Crippen molar-refractivity contribution in [1.82, 2.24) is 24.7 Å². The van der Waals surface area contributed by atoms with Crippen LogP contribution in [0.4, 0.5) is 5.82 Å². The second-order valence-electron chi connectivity index (χ2n) is 5.58. The van der Waals surface area contributed by atoms with Crippen LogP contribution in [-0.2, 0) is 6.54 Å². The van der Waals surface area contributed by atoms with Crippen LogP contribution in [-0.4, -0.2) is 30.8 Å². The summed E-state index contributed by atoms with van der Waals surface area (Å²) in [6.07, 6.45) is 4.87. The molecule has 0 saturated heterocycles. The van der Waals surface area contributed by atoms with Gasteiger partial charge >= 0.3 is 0 Å². The third-order valence-electron chi connectivity index (χ3n) is 3.77. The van der Waals surface area contributed by atoms with E-state index in [9.17, 15) is 0 Å². The molecule has 0 fully saturated rings. The molecule has 0 spiro atoms. The highest BCUT2D eigenvalue weighted by molar-refractivity contribution is 7.17. The van der Waals surface area contributed by atoms with Crippen molar-refractivity contribution in [1.29, 1.82) is 0 Å². The van der Waals surface area contributed by atoms with E-state index in [0.717, 1.165) is 28.1 Å². The van der Waals surface area contributed by atoms with Gasteiger partial charge in [0.05, 0.1) is 11.9 Å². The van der Waals surface area contributed by atoms with E-state index in [2.05, 4.69) is 49.8 Å². The van der Waals surface area contributed by atoms with E-state index in [1.54, 1.807) is 30.3 Å². The molecular weight excluding hydrogens is 320 g/mol. The maximum atomic E-state index is 4.47. The van der Waals surface area contributed by atoms with E-state index >= 15 is 0 Å². The highest BCUT2D eigenvalue weighted by atomic mass is 32.1. The number of thiophene rings is 1. The number of fused-ring (bicyclic) bond motifs is 1. The number of hydrogen-bond donors (Lipinski definition) is 1. The van der Waals surface area contributed by atoms with Crippen LogP contribution in [0.2, 0.25) is 0 Å². The zero-order valence-corrected chi connectivity index (χ0v) is 13.9. The molecule has 1 unspecified atom stereocenters. The number of nitrogens with zero attached hydrogens (tertiary/aromatic N) is 5. The monoisotopic (exact) mass is 336 g/mol. The molecule has 0 aliphatic heterocycles. The number of rotatable bonds is 5. The first-order valence-corrected chi connectivity index (χ1v) is 8.56. The summed E-state index contributed by atoms with van der Waals surface area (Å²) in [5.41, 5.74) is 2.33. The Labute approximate surface area is 143 Å². The van der Waals surface area contributed by atoms with E-state index in [-0.39, 0.29) is 6.04 Å². The fourth-order valence-electron chi connectivity index (χ4n) is 2.70. The first kappa shape index (κ1) is 14.8. The van der Waals surface area contributed by atoms with Crippen molar-refractivity contribution in [3.8, 4) is 11.1 Å². The van der Waals surface area contributed by atoms with Gasteiger partial charge in [0.2, 0.25) is 0 Å². The third-order valence-corrected chi connectivity index (χ3v) is 4.65. The first-order chi connectivity index (χ1) is 11.8. The molecule has 0 aliphatic rings. The Bertz CT molecular complexity index is 932. The molecule has 6 nitrogen and oxygen atoms in total. The van der Waals surface area contributed by atoms with Crippen molar-refractivity contribution in [2.45, 2.75) is 19.5 Å². The van der Waals surface area contributed by atoms with Gasteiger partial charge in [-0.05, 0) is 12.5 Å². The lowest BCUT2D eigenvalue weighted by Crippen LogP contribution is -2.23. The standard InChI is InChI=1S/C17H16N6S/c1-12(7-23-11-18-9-21-23)22-16-15-14(13-5-3-2-4-6-13)8-24-17(15)20-10-19-16/h2-6,8-12H,7H2,1H3,(H,19,20,22). The van der Waals surface area contributed by atoms with E-state index in [1.165, 1.54) is 5.56 Å². The Morgan fingerprint density at radius 1 is 1.17 bits per heavy atom. The number of benzene rings is 1. The molecule has 7 heteroatoms. The molecule has 0 aliphatic carbocycles. The van der Waals surface area contributed by atoms with Gasteiger partial charge in [0.1, 0.15) is 29.6 Å². The van der Waals surface area contributed by atoms with Crippen LogP contribution in [0.1, 0.15) is 6.92 Å². The van der Waals surface area contributed by atoms with E-state index in [4.69, 9.17) is 0 Å². The zero-order valence-electron chi connectivity index (χ0n) is 13.1. The lowest BCUT2D eigenvalue weighted by atomic mass is 10.1. The number of hydrogen-bond acceptors (Lipinski definition) is 6. The maximum Gasteiger partial charge on any atom is 0.139 e. The third kappa shape index (κ3) is 2.85.